The fraction of sp³-hybridized carbons (Fsp3) is 0.769. The van der Waals surface area contributed by atoms with Crippen molar-refractivity contribution in [1.29, 1.82) is 0 Å². The Balaban J connectivity index is 1.70. The summed E-state index contributed by atoms with van der Waals surface area (Å²) >= 11 is 0. The van der Waals surface area contributed by atoms with E-state index in [-0.39, 0.29) is 0 Å². The van der Waals surface area contributed by atoms with Gasteiger partial charge in [0, 0.05) is 38.9 Å². The molecule has 2 rings (SSSR count). The van der Waals surface area contributed by atoms with E-state index in [0.717, 1.165) is 26.2 Å². The number of nitrogen functional groups attached to an aromatic ring is 1. The number of hydrogen-bond acceptors (Lipinski definition) is 5. The van der Waals surface area contributed by atoms with Crippen molar-refractivity contribution in [3.8, 4) is 0 Å². The number of nitrogens with zero attached hydrogens (tertiary/aromatic N) is 4. The van der Waals surface area contributed by atoms with Gasteiger partial charge in [-0.1, -0.05) is 6.92 Å². The lowest BCUT2D eigenvalue weighted by atomic mass is 10.2. The molecular weight excluding hydrogens is 242 g/mol. The second kappa shape index (κ2) is 6.88. The van der Waals surface area contributed by atoms with Crippen LogP contribution < -0.4 is 5.73 Å². The Labute approximate surface area is 114 Å². The summed E-state index contributed by atoms with van der Waals surface area (Å²) in [4.78, 5) is 4.81. The summed E-state index contributed by atoms with van der Waals surface area (Å²) in [6.07, 6.45) is 4.18. The van der Waals surface area contributed by atoms with Crippen LogP contribution in [0.3, 0.4) is 0 Å². The molecule has 1 aliphatic heterocycles. The first kappa shape index (κ1) is 14.3. The number of piperazine rings is 1. The summed E-state index contributed by atoms with van der Waals surface area (Å²) in [5, 5.41) is 14.2. The van der Waals surface area contributed by atoms with Gasteiger partial charge in [0.25, 0.3) is 0 Å². The van der Waals surface area contributed by atoms with Crippen LogP contribution in [0, 0.1) is 0 Å². The van der Waals surface area contributed by atoms with E-state index >= 15 is 0 Å². The lowest BCUT2D eigenvalue weighted by Gasteiger charge is -2.35. The van der Waals surface area contributed by atoms with Gasteiger partial charge in [0.1, 0.15) is 0 Å². The highest BCUT2D eigenvalue weighted by molar-refractivity contribution is 5.30. The molecule has 1 aromatic heterocycles. The highest BCUT2D eigenvalue weighted by atomic mass is 16.3. The molecule has 0 amide bonds. The molecule has 1 saturated heterocycles. The molecular formula is C13H25N5O. The Bertz CT molecular complexity index is 373. The van der Waals surface area contributed by atoms with Crippen LogP contribution in [0.4, 0.5) is 5.69 Å². The highest BCUT2D eigenvalue weighted by Gasteiger charge is 2.18. The molecule has 6 nitrogen and oxygen atoms in total. The van der Waals surface area contributed by atoms with E-state index in [0.29, 0.717) is 18.8 Å². The van der Waals surface area contributed by atoms with Gasteiger partial charge in [-0.15, -0.1) is 0 Å². The first-order valence-corrected chi connectivity index (χ1v) is 7.08. The van der Waals surface area contributed by atoms with Crippen LogP contribution in [0.25, 0.3) is 0 Å². The molecule has 0 saturated carbocycles. The molecule has 1 atom stereocenters. The Kier molecular flexibility index (Phi) is 5.18. The molecule has 1 unspecified atom stereocenters. The topological polar surface area (TPSA) is 70.5 Å². The number of aromatic nitrogens is 2. The molecule has 19 heavy (non-hydrogen) atoms. The highest BCUT2D eigenvalue weighted by Crippen LogP contribution is 2.05. The van der Waals surface area contributed by atoms with E-state index in [1.54, 1.807) is 17.1 Å². The van der Waals surface area contributed by atoms with Gasteiger partial charge < -0.3 is 15.7 Å². The van der Waals surface area contributed by atoms with E-state index in [9.17, 15) is 5.11 Å². The van der Waals surface area contributed by atoms with Crippen molar-refractivity contribution in [3.05, 3.63) is 12.4 Å². The SMILES string of the molecule is CCCN1CCN(CC(O)Cn2cc(N)cn2)CC1. The zero-order chi connectivity index (χ0) is 13.7. The van der Waals surface area contributed by atoms with E-state index in [1.165, 1.54) is 13.0 Å². The van der Waals surface area contributed by atoms with Gasteiger partial charge in [-0.05, 0) is 13.0 Å². The van der Waals surface area contributed by atoms with Crippen LogP contribution >= 0.6 is 0 Å². The molecule has 0 spiro atoms. The first-order valence-electron chi connectivity index (χ1n) is 7.08. The van der Waals surface area contributed by atoms with Crippen molar-refractivity contribution < 1.29 is 5.11 Å². The van der Waals surface area contributed by atoms with Crippen molar-refractivity contribution in [2.45, 2.75) is 26.0 Å². The second-order valence-electron chi connectivity index (χ2n) is 5.29. The molecule has 6 heteroatoms. The van der Waals surface area contributed by atoms with Gasteiger partial charge in [0.05, 0.1) is 24.5 Å². The number of aliphatic hydroxyl groups is 1. The summed E-state index contributed by atoms with van der Waals surface area (Å²) in [5.74, 6) is 0. The number of rotatable bonds is 6. The fourth-order valence-electron chi connectivity index (χ4n) is 2.56. The molecule has 2 heterocycles. The number of aliphatic hydroxyl groups excluding tert-OH is 1. The van der Waals surface area contributed by atoms with E-state index < -0.39 is 6.10 Å². The maximum atomic E-state index is 10.1. The van der Waals surface area contributed by atoms with Crippen LogP contribution in [0.15, 0.2) is 12.4 Å². The molecule has 1 aliphatic rings. The molecule has 0 bridgehead atoms. The molecule has 3 N–H and O–H groups in total. The number of hydrogen-bond donors (Lipinski definition) is 2. The average Bonchev–Trinajstić information content (AvgIpc) is 2.77. The van der Waals surface area contributed by atoms with Crippen molar-refractivity contribution in [2.75, 3.05) is 45.0 Å². The second-order valence-corrected chi connectivity index (χ2v) is 5.29. The summed E-state index contributed by atoms with van der Waals surface area (Å²) < 4.78 is 1.70. The zero-order valence-corrected chi connectivity index (χ0v) is 11.7. The number of anilines is 1. The van der Waals surface area contributed by atoms with Gasteiger partial charge in [0.2, 0.25) is 0 Å². The Morgan fingerprint density at radius 2 is 1.95 bits per heavy atom. The van der Waals surface area contributed by atoms with Crippen LogP contribution in [0.2, 0.25) is 0 Å². The number of β-amino-alcohol motifs (C(OH)–C–C–N with tert-alkyl or cyclic N) is 1. The third-order valence-electron chi connectivity index (χ3n) is 3.52. The summed E-state index contributed by atoms with van der Waals surface area (Å²) in [6, 6.07) is 0. The van der Waals surface area contributed by atoms with Crippen LogP contribution in [0.5, 0.6) is 0 Å². The van der Waals surface area contributed by atoms with Gasteiger partial charge in [-0.3, -0.25) is 9.58 Å². The summed E-state index contributed by atoms with van der Waals surface area (Å²) in [7, 11) is 0. The van der Waals surface area contributed by atoms with Crippen LogP contribution in [-0.4, -0.2) is 70.1 Å². The van der Waals surface area contributed by atoms with Crippen molar-refractivity contribution in [2.24, 2.45) is 0 Å². The third-order valence-corrected chi connectivity index (χ3v) is 3.52. The van der Waals surface area contributed by atoms with Crippen LogP contribution in [0.1, 0.15) is 13.3 Å². The molecule has 1 aromatic rings. The standard InChI is InChI=1S/C13H25N5O/c1-2-3-16-4-6-17(7-5-16)10-13(19)11-18-9-12(14)8-15-18/h8-9,13,19H,2-7,10-11,14H2,1H3. The predicted octanol–water partition coefficient (Wildman–Crippen LogP) is -0.146. The molecule has 0 aliphatic carbocycles. The molecule has 0 radical (unpaired) electrons. The van der Waals surface area contributed by atoms with Gasteiger partial charge in [0.15, 0.2) is 0 Å². The van der Waals surface area contributed by atoms with E-state index in [2.05, 4.69) is 21.8 Å². The van der Waals surface area contributed by atoms with E-state index in [1.807, 2.05) is 0 Å². The maximum absolute atomic E-state index is 10.1. The van der Waals surface area contributed by atoms with Crippen molar-refractivity contribution in [3.63, 3.8) is 0 Å². The van der Waals surface area contributed by atoms with Gasteiger partial charge >= 0.3 is 0 Å². The first-order chi connectivity index (χ1) is 9.17. The molecule has 0 aromatic carbocycles. The lowest BCUT2D eigenvalue weighted by Crippen LogP contribution is -2.49. The largest absolute Gasteiger partial charge is 0.396 e. The minimum Gasteiger partial charge on any atom is -0.396 e. The van der Waals surface area contributed by atoms with Gasteiger partial charge in [-0.25, -0.2) is 0 Å². The molecule has 108 valence electrons. The normalized spacial score (nSPS) is 19.7. The van der Waals surface area contributed by atoms with Crippen molar-refractivity contribution >= 4 is 5.69 Å². The zero-order valence-electron chi connectivity index (χ0n) is 11.7. The van der Waals surface area contributed by atoms with Gasteiger partial charge in [-0.2, -0.15) is 5.10 Å². The Morgan fingerprint density at radius 3 is 2.53 bits per heavy atom. The minimum atomic E-state index is -0.392. The van der Waals surface area contributed by atoms with Crippen molar-refractivity contribution in [1.82, 2.24) is 19.6 Å². The summed E-state index contributed by atoms with van der Waals surface area (Å²) in [5.41, 5.74) is 6.24. The summed E-state index contributed by atoms with van der Waals surface area (Å²) in [6.45, 7) is 8.90. The molecule has 1 fully saturated rings. The van der Waals surface area contributed by atoms with E-state index in [4.69, 9.17) is 5.73 Å². The third kappa shape index (κ3) is 4.49. The quantitative estimate of drug-likeness (QED) is 0.750. The Hall–Kier alpha value is -1.11. The minimum absolute atomic E-state index is 0.392. The smallest absolute Gasteiger partial charge is 0.0862 e. The Morgan fingerprint density at radius 1 is 1.26 bits per heavy atom. The maximum Gasteiger partial charge on any atom is 0.0862 e. The average molecular weight is 267 g/mol. The lowest BCUT2D eigenvalue weighted by molar-refractivity contribution is 0.0626. The predicted molar refractivity (Wildman–Crippen MR) is 75.8 cm³/mol. The fourth-order valence-corrected chi connectivity index (χ4v) is 2.56. The number of nitrogens with two attached hydrogens (primary N) is 1. The van der Waals surface area contributed by atoms with Crippen LogP contribution in [-0.2, 0) is 6.54 Å². The monoisotopic (exact) mass is 267 g/mol.